The van der Waals surface area contributed by atoms with Gasteiger partial charge in [0, 0.05) is 13.0 Å². The molecule has 4 atom stereocenters. The highest BCUT2D eigenvalue weighted by Crippen LogP contribution is 2.39. The molecule has 0 radical (unpaired) electrons. The van der Waals surface area contributed by atoms with E-state index < -0.39 is 6.04 Å². The van der Waals surface area contributed by atoms with Crippen molar-refractivity contribution in [2.24, 2.45) is 23.7 Å². The molecule has 1 fully saturated rings. The van der Waals surface area contributed by atoms with Gasteiger partial charge in [-0.3, -0.25) is 4.79 Å². The average Bonchev–Trinajstić information content (AvgIpc) is 2.43. The highest BCUT2D eigenvalue weighted by atomic mass is 16.5. The number of ether oxygens (including phenoxy) is 1. The van der Waals surface area contributed by atoms with Gasteiger partial charge in [0.25, 0.3) is 0 Å². The van der Waals surface area contributed by atoms with Crippen LogP contribution in [0.3, 0.4) is 0 Å². The van der Waals surface area contributed by atoms with Crippen LogP contribution in [0.2, 0.25) is 0 Å². The third kappa shape index (κ3) is 4.72. The molecule has 1 aliphatic rings. The fourth-order valence-corrected chi connectivity index (χ4v) is 3.43. The Morgan fingerprint density at radius 3 is 2.18 bits per heavy atom. The van der Waals surface area contributed by atoms with E-state index in [1.165, 1.54) is 6.42 Å². The zero-order chi connectivity index (χ0) is 17.0. The number of hydrogen-bond donors (Lipinski definition) is 0. The number of amides is 1. The van der Waals surface area contributed by atoms with Crippen molar-refractivity contribution >= 4 is 11.9 Å². The second-order valence-corrected chi connectivity index (χ2v) is 7.54. The van der Waals surface area contributed by atoms with E-state index in [1.807, 2.05) is 13.8 Å². The van der Waals surface area contributed by atoms with Gasteiger partial charge in [0.1, 0.15) is 6.04 Å². The first-order chi connectivity index (χ1) is 10.1. The third-order valence-corrected chi connectivity index (χ3v) is 4.96. The molecule has 4 heteroatoms. The summed E-state index contributed by atoms with van der Waals surface area (Å²) in [5.41, 5.74) is 0. The maximum atomic E-state index is 12.9. The van der Waals surface area contributed by atoms with Gasteiger partial charge >= 0.3 is 5.97 Å². The first kappa shape index (κ1) is 19.0. The standard InChI is InChI=1S/C18H33NO3/c1-11(2)15-9-8-13(5)10-16(15)17(20)19(7)14(6)18(21)22-12(3)4/h11-16H,8-10H2,1-7H3/t13-,14-,15+,16-/m1/s1. The highest BCUT2D eigenvalue weighted by Gasteiger charge is 2.38. The highest BCUT2D eigenvalue weighted by molar-refractivity contribution is 5.85. The Kier molecular flexibility index (Phi) is 6.89. The molecule has 0 saturated heterocycles. The zero-order valence-corrected chi connectivity index (χ0v) is 15.3. The second kappa shape index (κ2) is 7.98. The summed E-state index contributed by atoms with van der Waals surface area (Å²) in [4.78, 5) is 26.5. The molecule has 22 heavy (non-hydrogen) atoms. The summed E-state index contributed by atoms with van der Waals surface area (Å²) in [6.07, 6.45) is 3.07. The molecule has 0 aromatic carbocycles. The molecule has 0 heterocycles. The largest absolute Gasteiger partial charge is 0.461 e. The summed E-state index contributed by atoms with van der Waals surface area (Å²) in [6.45, 7) is 12.0. The van der Waals surface area contributed by atoms with Gasteiger partial charge in [0.2, 0.25) is 5.91 Å². The van der Waals surface area contributed by atoms with Gasteiger partial charge in [0.15, 0.2) is 0 Å². The van der Waals surface area contributed by atoms with Crippen LogP contribution in [0.5, 0.6) is 0 Å². The van der Waals surface area contributed by atoms with Gasteiger partial charge in [-0.05, 0) is 51.4 Å². The molecule has 0 aliphatic heterocycles. The van der Waals surface area contributed by atoms with Gasteiger partial charge in [-0.2, -0.15) is 0 Å². The van der Waals surface area contributed by atoms with Crippen LogP contribution in [0.1, 0.15) is 60.8 Å². The fourth-order valence-electron chi connectivity index (χ4n) is 3.43. The number of hydrogen-bond acceptors (Lipinski definition) is 3. The van der Waals surface area contributed by atoms with E-state index in [0.29, 0.717) is 17.8 Å². The monoisotopic (exact) mass is 311 g/mol. The molecule has 0 bridgehead atoms. The lowest BCUT2D eigenvalue weighted by molar-refractivity contribution is -0.159. The molecule has 4 nitrogen and oxygen atoms in total. The van der Waals surface area contributed by atoms with Gasteiger partial charge in [0.05, 0.1) is 6.10 Å². The molecular weight excluding hydrogens is 278 g/mol. The van der Waals surface area contributed by atoms with Gasteiger partial charge in [-0.15, -0.1) is 0 Å². The van der Waals surface area contributed by atoms with Crippen LogP contribution in [0.25, 0.3) is 0 Å². The molecule has 1 amide bonds. The van der Waals surface area contributed by atoms with E-state index in [4.69, 9.17) is 4.74 Å². The van der Waals surface area contributed by atoms with Crippen LogP contribution in [0.4, 0.5) is 0 Å². The third-order valence-electron chi connectivity index (χ3n) is 4.96. The Balaban J connectivity index is 2.80. The van der Waals surface area contributed by atoms with Crippen molar-refractivity contribution in [1.29, 1.82) is 0 Å². The Labute approximate surface area is 135 Å². The molecular formula is C18H33NO3. The summed E-state index contributed by atoms with van der Waals surface area (Å²) in [6, 6.07) is -0.528. The van der Waals surface area contributed by atoms with Crippen molar-refractivity contribution in [3.8, 4) is 0 Å². The van der Waals surface area contributed by atoms with E-state index in [-0.39, 0.29) is 23.9 Å². The summed E-state index contributed by atoms with van der Waals surface area (Å²) >= 11 is 0. The number of nitrogens with zero attached hydrogens (tertiary/aromatic N) is 1. The summed E-state index contributed by atoms with van der Waals surface area (Å²) in [5, 5.41) is 0. The van der Waals surface area contributed by atoms with Crippen molar-refractivity contribution in [3.63, 3.8) is 0 Å². The molecule has 0 spiro atoms. The maximum absolute atomic E-state index is 12.9. The van der Waals surface area contributed by atoms with Crippen molar-refractivity contribution in [1.82, 2.24) is 4.90 Å². The number of likely N-dealkylation sites (N-methyl/N-ethyl adjacent to an activating group) is 1. The predicted octanol–water partition coefficient (Wildman–Crippen LogP) is 3.49. The normalized spacial score (nSPS) is 26.9. The molecule has 0 aromatic rings. The fraction of sp³-hybridized carbons (Fsp3) is 0.889. The van der Waals surface area contributed by atoms with E-state index in [0.717, 1.165) is 12.8 Å². The average molecular weight is 311 g/mol. The smallest absolute Gasteiger partial charge is 0.328 e. The van der Waals surface area contributed by atoms with E-state index in [2.05, 4.69) is 20.8 Å². The number of carbonyl (C=O) groups excluding carboxylic acids is 2. The minimum absolute atomic E-state index is 0.0306. The topological polar surface area (TPSA) is 46.6 Å². The molecule has 0 N–H and O–H groups in total. The van der Waals surface area contributed by atoms with Crippen molar-refractivity contribution in [3.05, 3.63) is 0 Å². The van der Waals surface area contributed by atoms with Gasteiger partial charge < -0.3 is 9.64 Å². The maximum Gasteiger partial charge on any atom is 0.328 e. The lowest BCUT2D eigenvalue weighted by Crippen LogP contribution is -2.47. The van der Waals surface area contributed by atoms with Crippen molar-refractivity contribution in [2.45, 2.75) is 73.0 Å². The van der Waals surface area contributed by atoms with E-state index in [9.17, 15) is 9.59 Å². The van der Waals surface area contributed by atoms with Crippen LogP contribution in [0, 0.1) is 23.7 Å². The quantitative estimate of drug-likeness (QED) is 0.730. The lowest BCUT2D eigenvalue weighted by Gasteiger charge is -2.39. The minimum Gasteiger partial charge on any atom is -0.461 e. The molecule has 1 aliphatic carbocycles. The summed E-state index contributed by atoms with van der Waals surface area (Å²) in [5.74, 6) is 1.29. The SMILES string of the molecule is CC(C)OC(=O)[C@@H](C)N(C)C(=O)[C@@H]1C[C@H](C)CC[C@H]1C(C)C. The number of esters is 1. The molecule has 1 rings (SSSR count). The number of rotatable bonds is 5. The number of carbonyl (C=O) groups is 2. The molecule has 128 valence electrons. The first-order valence-corrected chi connectivity index (χ1v) is 8.62. The molecule has 1 saturated carbocycles. The van der Waals surface area contributed by atoms with Gasteiger partial charge in [-0.25, -0.2) is 4.79 Å². The van der Waals surface area contributed by atoms with Gasteiger partial charge in [-0.1, -0.05) is 27.2 Å². The molecule has 0 aromatic heterocycles. The van der Waals surface area contributed by atoms with Crippen LogP contribution < -0.4 is 0 Å². The first-order valence-electron chi connectivity index (χ1n) is 8.62. The summed E-state index contributed by atoms with van der Waals surface area (Å²) in [7, 11) is 1.73. The van der Waals surface area contributed by atoms with Crippen LogP contribution in [-0.2, 0) is 14.3 Å². The Hall–Kier alpha value is -1.06. The van der Waals surface area contributed by atoms with Crippen molar-refractivity contribution < 1.29 is 14.3 Å². The lowest BCUT2D eigenvalue weighted by atomic mass is 9.69. The van der Waals surface area contributed by atoms with Crippen LogP contribution >= 0.6 is 0 Å². The second-order valence-electron chi connectivity index (χ2n) is 7.54. The van der Waals surface area contributed by atoms with E-state index in [1.54, 1.807) is 18.9 Å². The zero-order valence-electron chi connectivity index (χ0n) is 15.3. The minimum atomic E-state index is -0.528. The Bertz CT molecular complexity index is 392. The van der Waals surface area contributed by atoms with Crippen LogP contribution in [-0.4, -0.2) is 36.0 Å². The predicted molar refractivity (Wildman–Crippen MR) is 88.3 cm³/mol. The van der Waals surface area contributed by atoms with Crippen molar-refractivity contribution in [2.75, 3.05) is 7.05 Å². The Morgan fingerprint density at radius 2 is 1.68 bits per heavy atom. The summed E-state index contributed by atoms with van der Waals surface area (Å²) < 4.78 is 5.23. The van der Waals surface area contributed by atoms with E-state index >= 15 is 0 Å². The molecule has 0 unspecified atom stereocenters. The Morgan fingerprint density at radius 1 is 1.09 bits per heavy atom. The van der Waals surface area contributed by atoms with Crippen LogP contribution in [0.15, 0.2) is 0 Å².